The van der Waals surface area contributed by atoms with Crippen molar-refractivity contribution in [3.8, 4) is 5.75 Å². The normalized spacial score (nSPS) is 16.1. The van der Waals surface area contributed by atoms with Crippen molar-refractivity contribution in [3.63, 3.8) is 0 Å². The lowest BCUT2D eigenvalue weighted by molar-refractivity contribution is 0.0947. The van der Waals surface area contributed by atoms with Crippen molar-refractivity contribution in [3.05, 3.63) is 27.7 Å². The van der Waals surface area contributed by atoms with Crippen molar-refractivity contribution >= 4 is 40.9 Å². The third-order valence-corrected chi connectivity index (χ3v) is 4.65. The maximum atomic E-state index is 12.0. The number of halogens is 2. The number of nitrogens with one attached hydrogen (secondary N) is 1. The Hall–Kier alpha value is -0.620. The summed E-state index contributed by atoms with van der Waals surface area (Å²) in [5.41, 5.74) is 0.107. The molecule has 1 aromatic carbocycles. The van der Waals surface area contributed by atoms with Crippen LogP contribution < -0.4 is 5.32 Å². The number of aromatic hydroxyl groups is 1. The molecule has 1 amide bonds. The van der Waals surface area contributed by atoms with E-state index in [0.717, 1.165) is 19.0 Å². The molecule has 0 saturated carbocycles. The number of rotatable bonds is 4. The molecule has 4 nitrogen and oxygen atoms in total. The van der Waals surface area contributed by atoms with Gasteiger partial charge in [0.2, 0.25) is 0 Å². The second-order valence-electron chi connectivity index (χ2n) is 4.55. The summed E-state index contributed by atoms with van der Waals surface area (Å²) in [5.74, 6) is 1.61. The third-order valence-electron chi connectivity index (χ3n) is 3.02. The van der Waals surface area contributed by atoms with E-state index in [0.29, 0.717) is 11.6 Å². The van der Waals surface area contributed by atoms with Gasteiger partial charge in [-0.05, 0) is 30.9 Å². The Bertz CT molecular complexity index is 494. The van der Waals surface area contributed by atoms with Gasteiger partial charge in [-0.25, -0.2) is 0 Å². The number of hydrogen-bond acceptors (Lipinski definition) is 4. The van der Waals surface area contributed by atoms with E-state index in [-0.39, 0.29) is 22.2 Å². The number of thioether (sulfide) groups is 1. The summed E-state index contributed by atoms with van der Waals surface area (Å²) in [5, 5.41) is 13.0. The number of nitrogens with zero attached hydrogens (tertiary/aromatic N) is 1. The van der Waals surface area contributed by atoms with Gasteiger partial charge >= 0.3 is 0 Å². The Morgan fingerprint density at radius 2 is 2.25 bits per heavy atom. The number of phenolic OH excluding ortho intramolecular Hbond substituents is 1. The number of benzene rings is 1. The van der Waals surface area contributed by atoms with Crippen molar-refractivity contribution in [1.29, 1.82) is 0 Å². The van der Waals surface area contributed by atoms with Crippen LogP contribution in [0.15, 0.2) is 12.1 Å². The fourth-order valence-corrected chi connectivity index (χ4v) is 3.46. The lowest BCUT2D eigenvalue weighted by Gasteiger charge is -2.25. The van der Waals surface area contributed by atoms with E-state index in [1.54, 1.807) is 0 Å². The maximum Gasteiger partial charge on any atom is 0.255 e. The Kier molecular flexibility index (Phi) is 5.84. The summed E-state index contributed by atoms with van der Waals surface area (Å²) in [6, 6.07) is 2.81. The molecule has 1 aliphatic heterocycles. The van der Waals surface area contributed by atoms with Crippen LogP contribution in [0.1, 0.15) is 16.8 Å². The predicted molar refractivity (Wildman–Crippen MR) is 84.0 cm³/mol. The van der Waals surface area contributed by atoms with Crippen LogP contribution in [0, 0.1) is 0 Å². The molecule has 0 aromatic heterocycles. The fraction of sp³-hybridized carbons (Fsp3) is 0.462. The topological polar surface area (TPSA) is 52.6 Å². The highest BCUT2D eigenvalue weighted by atomic mass is 35.5. The van der Waals surface area contributed by atoms with Crippen molar-refractivity contribution in [2.75, 3.05) is 31.3 Å². The average molecular weight is 335 g/mol. The first kappa shape index (κ1) is 15.8. The Morgan fingerprint density at radius 1 is 1.45 bits per heavy atom. The van der Waals surface area contributed by atoms with Crippen LogP contribution in [0.5, 0.6) is 5.75 Å². The van der Waals surface area contributed by atoms with Gasteiger partial charge < -0.3 is 10.4 Å². The molecule has 1 saturated heterocycles. The van der Waals surface area contributed by atoms with E-state index in [9.17, 15) is 9.90 Å². The lowest BCUT2D eigenvalue weighted by Crippen LogP contribution is -2.37. The van der Waals surface area contributed by atoms with Crippen molar-refractivity contribution in [1.82, 2.24) is 10.2 Å². The molecule has 0 aliphatic carbocycles. The highest BCUT2D eigenvalue weighted by Gasteiger charge is 2.16. The first-order chi connectivity index (χ1) is 9.58. The predicted octanol–water partition coefficient (Wildman–Crippen LogP) is 2.83. The van der Waals surface area contributed by atoms with Crippen LogP contribution in [0.4, 0.5) is 0 Å². The monoisotopic (exact) mass is 334 g/mol. The number of hydrogen-bond donors (Lipinski definition) is 2. The smallest absolute Gasteiger partial charge is 0.255 e. The zero-order valence-corrected chi connectivity index (χ0v) is 13.2. The first-order valence-corrected chi connectivity index (χ1v) is 8.25. The molecule has 0 unspecified atom stereocenters. The zero-order valence-electron chi connectivity index (χ0n) is 10.9. The fourth-order valence-electron chi connectivity index (χ4n) is 1.99. The molecule has 2 N–H and O–H groups in total. The number of carbonyl (C=O) groups is 1. The van der Waals surface area contributed by atoms with Gasteiger partial charge in [-0.2, -0.15) is 0 Å². The van der Waals surface area contributed by atoms with Crippen LogP contribution in [-0.4, -0.2) is 47.2 Å². The zero-order chi connectivity index (χ0) is 14.5. The largest absolute Gasteiger partial charge is 0.506 e. The summed E-state index contributed by atoms with van der Waals surface area (Å²) in [6.45, 7) is 2.40. The van der Waals surface area contributed by atoms with E-state index in [4.69, 9.17) is 23.2 Å². The van der Waals surface area contributed by atoms with E-state index in [1.165, 1.54) is 24.3 Å². The summed E-state index contributed by atoms with van der Waals surface area (Å²) in [6.07, 6.45) is 1.18. The van der Waals surface area contributed by atoms with Crippen molar-refractivity contribution < 1.29 is 9.90 Å². The highest BCUT2D eigenvalue weighted by Crippen LogP contribution is 2.30. The minimum atomic E-state index is -0.364. The summed E-state index contributed by atoms with van der Waals surface area (Å²) in [7, 11) is 0. The second-order valence-corrected chi connectivity index (χ2v) is 6.47. The van der Waals surface area contributed by atoms with E-state index in [2.05, 4.69) is 10.2 Å². The van der Waals surface area contributed by atoms with Gasteiger partial charge in [-0.15, -0.1) is 11.8 Å². The SMILES string of the molecule is O=C(NCCN1CCCSC1)c1cc(Cl)cc(Cl)c1O. The van der Waals surface area contributed by atoms with Crippen LogP contribution in [-0.2, 0) is 0 Å². The summed E-state index contributed by atoms with van der Waals surface area (Å²) in [4.78, 5) is 14.3. The van der Waals surface area contributed by atoms with Crippen LogP contribution in [0.2, 0.25) is 10.0 Å². The van der Waals surface area contributed by atoms with Crippen LogP contribution in [0.3, 0.4) is 0 Å². The molecule has 1 aliphatic rings. The van der Waals surface area contributed by atoms with E-state index < -0.39 is 0 Å². The van der Waals surface area contributed by atoms with Gasteiger partial charge in [-0.3, -0.25) is 9.69 Å². The van der Waals surface area contributed by atoms with Crippen LogP contribution in [0.25, 0.3) is 0 Å². The van der Waals surface area contributed by atoms with Gasteiger partial charge in [0, 0.05) is 24.0 Å². The molecule has 7 heteroatoms. The number of phenols is 1. The van der Waals surface area contributed by atoms with E-state index in [1.807, 2.05) is 11.8 Å². The molecular formula is C13H16Cl2N2O2S. The molecular weight excluding hydrogens is 319 g/mol. The van der Waals surface area contributed by atoms with E-state index >= 15 is 0 Å². The molecule has 0 bridgehead atoms. The Morgan fingerprint density at radius 3 is 2.95 bits per heavy atom. The van der Waals surface area contributed by atoms with Gasteiger partial charge in [0.1, 0.15) is 5.75 Å². The van der Waals surface area contributed by atoms with Gasteiger partial charge in [0.25, 0.3) is 5.91 Å². The van der Waals surface area contributed by atoms with Gasteiger partial charge in [-0.1, -0.05) is 23.2 Å². The molecule has 110 valence electrons. The maximum absolute atomic E-state index is 12.0. The van der Waals surface area contributed by atoms with Crippen molar-refractivity contribution in [2.45, 2.75) is 6.42 Å². The van der Waals surface area contributed by atoms with Crippen molar-refractivity contribution in [2.24, 2.45) is 0 Å². The quantitative estimate of drug-likeness (QED) is 0.888. The number of amides is 1. The van der Waals surface area contributed by atoms with Gasteiger partial charge in [0.05, 0.1) is 10.6 Å². The Balaban J connectivity index is 1.88. The standard InChI is InChI=1S/C13H16Cl2N2O2S/c14-9-6-10(12(18)11(15)7-9)13(19)16-2-4-17-3-1-5-20-8-17/h6-7,18H,1-5,8H2,(H,16,19). The van der Waals surface area contributed by atoms with Gasteiger partial charge in [0.15, 0.2) is 0 Å². The first-order valence-electron chi connectivity index (χ1n) is 6.34. The highest BCUT2D eigenvalue weighted by molar-refractivity contribution is 7.99. The molecule has 1 fully saturated rings. The molecule has 0 atom stereocenters. The molecule has 0 spiro atoms. The summed E-state index contributed by atoms with van der Waals surface area (Å²) < 4.78 is 0. The second kappa shape index (κ2) is 7.41. The Labute approximate surface area is 132 Å². The number of carbonyl (C=O) groups excluding carboxylic acids is 1. The lowest BCUT2D eigenvalue weighted by atomic mass is 10.2. The molecule has 20 heavy (non-hydrogen) atoms. The molecule has 1 aromatic rings. The average Bonchev–Trinajstić information content (AvgIpc) is 2.44. The molecule has 2 rings (SSSR count). The molecule has 1 heterocycles. The van der Waals surface area contributed by atoms with Crippen LogP contribution >= 0.6 is 35.0 Å². The molecule has 0 radical (unpaired) electrons. The third kappa shape index (κ3) is 4.19. The minimum Gasteiger partial charge on any atom is -0.506 e. The minimum absolute atomic E-state index is 0.0788. The summed E-state index contributed by atoms with van der Waals surface area (Å²) >= 11 is 13.5.